The van der Waals surface area contributed by atoms with Crippen molar-refractivity contribution in [3.8, 4) is 5.75 Å². The van der Waals surface area contributed by atoms with Crippen LogP contribution in [0.2, 0.25) is 20.1 Å². The van der Waals surface area contributed by atoms with Gasteiger partial charge in [0.25, 0.3) is 0 Å². The number of carboxylic acids is 4. The van der Waals surface area contributed by atoms with E-state index in [2.05, 4.69) is 114 Å². The summed E-state index contributed by atoms with van der Waals surface area (Å²) in [5, 5.41) is 39.4. The van der Waals surface area contributed by atoms with Crippen LogP contribution in [0.4, 0.5) is 44.7 Å². The molecule has 0 saturated heterocycles. The molecule has 8 aromatic rings. The van der Waals surface area contributed by atoms with Crippen molar-refractivity contribution in [3.63, 3.8) is 0 Å². The van der Waals surface area contributed by atoms with Crippen molar-refractivity contribution in [3.05, 3.63) is 298 Å². The van der Waals surface area contributed by atoms with E-state index < -0.39 is 63.1 Å². The van der Waals surface area contributed by atoms with E-state index in [1.807, 2.05) is 76.5 Å². The predicted molar refractivity (Wildman–Crippen MR) is 551 cm³/mol. The summed E-state index contributed by atoms with van der Waals surface area (Å²) in [5.41, 5.74) is 10.7. The predicted octanol–water partition coefficient (Wildman–Crippen LogP) is 29.3. The first kappa shape index (κ1) is 112. The van der Waals surface area contributed by atoms with Gasteiger partial charge in [-0.2, -0.15) is 13.2 Å². The molecule has 8 aromatic carbocycles. The third-order valence-corrected chi connectivity index (χ3v) is 29.4. The molecule has 4 atom stereocenters. The zero-order valence-corrected chi connectivity index (χ0v) is 87.5. The second-order valence-electron chi connectivity index (χ2n) is 43.5. The van der Waals surface area contributed by atoms with Crippen LogP contribution in [-0.4, -0.2) is 101 Å². The van der Waals surface area contributed by atoms with Crippen LogP contribution in [0.5, 0.6) is 5.75 Å². The summed E-state index contributed by atoms with van der Waals surface area (Å²) in [7, 11) is 3.08. The molecule has 756 valence electrons. The summed E-state index contributed by atoms with van der Waals surface area (Å²) in [4.78, 5) is 105. The van der Waals surface area contributed by atoms with Gasteiger partial charge in [-0.25, -0.2) is 28.0 Å². The second-order valence-corrected chi connectivity index (χ2v) is 45.2. The first-order chi connectivity index (χ1) is 65.5. The molecule has 1 aliphatic carbocycles. The van der Waals surface area contributed by atoms with Crippen molar-refractivity contribution in [2.45, 2.75) is 262 Å². The zero-order chi connectivity index (χ0) is 105. The van der Waals surface area contributed by atoms with E-state index >= 15 is 0 Å². The fraction of sp³-hybridized carbons (Fsp3) is 0.439. The van der Waals surface area contributed by atoms with Gasteiger partial charge in [-0.15, -0.1) is 0 Å². The quantitative estimate of drug-likeness (QED) is 0.0333. The smallest absolute Gasteiger partial charge is 0.393 e. The van der Waals surface area contributed by atoms with Crippen LogP contribution in [0.25, 0.3) is 0 Å². The minimum absolute atomic E-state index is 0.0554. The van der Waals surface area contributed by atoms with Gasteiger partial charge in [-0.1, -0.05) is 226 Å². The van der Waals surface area contributed by atoms with E-state index in [9.17, 15) is 70.5 Å². The fourth-order valence-corrected chi connectivity index (χ4v) is 19.8. The number of rotatable bonds is 28. The summed E-state index contributed by atoms with van der Waals surface area (Å²) in [6, 6.07) is 46.8. The SMILES string of the molecule is CC(C)(C)CCc1ccc([C@]2(C)CC(=O)N(c3ccc(C(=O)O)cc3)C=C2C2CC(F)(F)C2)cc1Cl.CC(C)C1=CN(c2ccc(C(=O)O)cc2)C(=O)C[C@@]1(C)c1ccc(CCC(C)(C)C(F)(F)F)c(Cl)c1.COCCC1=CN(c2ccc(C(=O)O)cc2)C(=O)C[C@@]1(C)c1ccc(CCC(C)(C)C)c(Cl)c1.COc1cc(N2C=C(C(C)C)[C@](C)(c3ccc(CCC(C)(C)C)c(Cl)c3)CC2=O)ccc1C(=O)O. The maximum absolute atomic E-state index is 13.9. The number of methoxy groups -OCH3 is 2. The molecule has 5 aliphatic rings. The van der Waals surface area contributed by atoms with Crippen LogP contribution in [0.1, 0.15) is 288 Å². The normalized spacial score (nSPS) is 19.7. The summed E-state index contributed by atoms with van der Waals surface area (Å²) < 4.78 is 78.3. The maximum atomic E-state index is 13.9. The van der Waals surface area contributed by atoms with Crippen molar-refractivity contribution in [2.24, 2.45) is 39.4 Å². The van der Waals surface area contributed by atoms with Gasteiger partial charge < -0.3 is 29.9 Å². The molecule has 13 rings (SSSR count). The molecule has 0 bridgehead atoms. The Bertz CT molecular complexity index is 6120. The van der Waals surface area contributed by atoms with Crippen molar-refractivity contribution < 1.29 is 90.2 Å². The average Bonchev–Trinajstić information content (AvgIpc) is 0.737. The van der Waals surface area contributed by atoms with Crippen LogP contribution in [-0.2, 0) is 71.3 Å². The molecule has 0 unspecified atom stereocenters. The Labute approximate surface area is 846 Å². The van der Waals surface area contributed by atoms with Gasteiger partial charge in [-0.05, 0) is 268 Å². The summed E-state index contributed by atoms with van der Waals surface area (Å²) in [6.45, 7) is 39.1. The highest BCUT2D eigenvalue weighted by Gasteiger charge is 2.54. The Balaban J connectivity index is 0.000000193. The fourth-order valence-electron chi connectivity index (χ4n) is 18.7. The molecule has 4 amide bonds. The molecule has 18 nitrogen and oxygen atoms in total. The number of benzene rings is 8. The van der Waals surface area contributed by atoms with Crippen LogP contribution in [0.15, 0.2) is 211 Å². The van der Waals surface area contributed by atoms with E-state index in [0.29, 0.717) is 51.4 Å². The monoisotopic (exact) mass is 2020 g/mol. The number of carbonyl (C=O) groups excluding carboxylic acids is 4. The zero-order valence-electron chi connectivity index (χ0n) is 84.5. The van der Waals surface area contributed by atoms with Gasteiger partial charge in [0.05, 0.1) is 34.9 Å². The van der Waals surface area contributed by atoms with E-state index in [1.54, 1.807) is 90.0 Å². The van der Waals surface area contributed by atoms with Crippen molar-refractivity contribution in [2.75, 3.05) is 40.4 Å². The first-order valence-electron chi connectivity index (χ1n) is 47.6. The number of ether oxygens (including phenoxy) is 2. The number of hydrogen-bond acceptors (Lipinski definition) is 10. The molecule has 0 radical (unpaired) electrons. The maximum Gasteiger partial charge on any atom is 0.393 e. The highest BCUT2D eigenvalue weighted by molar-refractivity contribution is 6.32. The number of allylic oxidation sites excluding steroid dienone is 3. The molecule has 0 spiro atoms. The molecule has 4 aliphatic heterocycles. The highest BCUT2D eigenvalue weighted by Crippen LogP contribution is 2.56. The van der Waals surface area contributed by atoms with E-state index in [-0.39, 0.29) is 137 Å². The lowest BCUT2D eigenvalue weighted by atomic mass is 9.62. The molecule has 1 fully saturated rings. The van der Waals surface area contributed by atoms with Crippen LogP contribution in [0, 0.1) is 39.4 Å². The van der Waals surface area contributed by atoms with Crippen LogP contribution in [0.3, 0.4) is 0 Å². The number of aryl methyl sites for hydroxylation is 4. The lowest BCUT2D eigenvalue weighted by Crippen LogP contribution is -2.47. The lowest BCUT2D eigenvalue weighted by Gasteiger charge is -2.47. The van der Waals surface area contributed by atoms with E-state index in [1.165, 1.54) is 73.2 Å². The Morgan fingerprint density at radius 1 is 0.397 bits per heavy atom. The number of halogens is 9. The van der Waals surface area contributed by atoms with Crippen LogP contribution >= 0.6 is 46.4 Å². The molecule has 4 N–H and O–H groups in total. The molecule has 4 heterocycles. The minimum Gasteiger partial charge on any atom is -0.496 e. The third-order valence-electron chi connectivity index (χ3n) is 28.0. The molecular formula is C114H133Cl4F5N4O14. The average molecular weight is 2020 g/mol. The van der Waals surface area contributed by atoms with Gasteiger partial charge in [0, 0.05) is 142 Å². The standard InChI is InChI=1S/C29H32ClF2NO3.C29H36ClNO4.C28H31ClF3NO3.C28H34ClNO4/c1-27(2,3)12-11-18-5-8-21(13-24(18)30)28(4)16-25(34)33(17-23(28)20-14-29(31,32)15-20)22-9-6-19(7-10-22)26(35)36;1-18(2)23-17-31(21-10-11-22(27(33)34)25(15-21)35-7)26(32)16-29(23,6)20-9-8-19(24(30)14-20)12-13-28(3,4)5;1-17(2)22-16-33(21-10-7-19(8-11-21)25(35)36)24(34)15-27(22,5)20-9-6-18(23(29)14-20)12-13-26(3,4)28(30,31)32;1-27(2,3)14-12-19-6-9-21(16-24(19)29)28(4)17-25(31)30(18-22(28)13-15-34-5)23-10-7-20(8-11-23)26(32)33/h5-10,13,17,20H,11-12,14-16H2,1-4H3,(H,35,36);8-11,14-15,17-18H,12-13,16H2,1-7H3,(H,33,34);6-11,14,16-17H,12-13,15H2,1-5H3,(H,35,36);6-11,16,18H,12-15,17H2,1-5H3,(H,32,33)/t28-;29-;27-;28-/m0000/s1. The topological polar surface area (TPSA) is 249 Å². The van der Waals surface area contributed by atoms with Gasteiger partial charge in [0.1, 0.15) is 11.3 Å². The Hall–Kier alpha value is -11.0. The van der Waals surface area contributed by atoms with Crippen LogP contribution < -0.4 is 24.3 Å². The number of amides is 4. The third kappa shape index (κ3) is 27.1. The number of carboxylic acid groups (broad SMARTS) is 4. The summed E-state index contributed by atoms with van der Waals surface area (Å²) in [5.74, 6) is -7.26. The Morgan fingerprint density at radius 3 is 1.01 bits per heavy atom. The minimum atomic E-state index is -4.30. The number of hydrogen-bond donors (Lipinski definition) is 4. The highest BCUT2D eigenvalue weighted by atomic mass is 35.5. The molecule has 0 aromatic heterocycles. The second kappa shape index (κ2) is 44.5. The van der Waals surface area contributed by atoms with Gasteiger partial charge in [0.15, 0.2) is 0 Å². The summed E-state index contributed by atoms with van der Waals surface area (Å²) in [6.07, 6.45) is 9.72. The van der Waals surface area contributed by atoms with Crippen molar-refractivity contribution in [1.82, 2.24) is 0 Å². The number of alkyl halides is 5. The van der Waals surface area contributed by atoms with Gasteiger partial charge >= 0.3 is 30.1 Å². The molecule has 27 heteroatoms. The van der Waals surface area contributed by atoms with Gasteiger partial charge in [-0.3, -0.25) is 38.8 Å². The number of nitrogens with zero attached hydrogens (tertiary/aromatic N) is 4. The van der Waals surface area contributed by atoms with Gasteiger partial charge in [0.2, 0.25) is 29.6 Å². The number of anilines is 4. The molecular weight excluding hydrogens is 1890 g/mol. The molecule has 141 heavy (non-hydrogen) atoms. The van der Waals surface area contributed by atoms with Crippen molar-refractivity contribution in [1.29, 1.82) is 0 Å². The Morgan fingerprint density at radius 2 is 0.702 bits per heavy atom. The lowest BCUT2D eigenvalue weighted by molar-refractivity contribution is -0.213. The van der Waals surface area contributed by atoms with Crippen molar-refractivity contribution >= 4 is 117 Å². The van der Waals surface area contributed by atoms with E-state index in [4.69, 9.17) is 66.1 Å². The summed E-state index contributed by atoms with van der Waals surface area (Å²) >= 11 is 26.6. The first-order valence-corrected chi connectivity index (χ1v) is 49.1. The number of carbonyl (C=O) groups is 8. The number of aromatic carboxylic acids is 4. The molecule has 1 saturated carbocycles. The Kier molecular flexibility index (Phi) is 35.4. The largest absolute Gasteiger partial charge is 0.496 e. The van der Waals surface area contributed by atoms with E-state index in [0.717, 1.165) is 110 Å².